The first-order valence-electron chi connectivity index (χ1n) is 10.4. The fraction of sp³-hybridized carbons (Fsp3) is 0.280. The van der Waals surface area contributed by atoms with Crippen LogP contribution in [0.1, 0.15) is 26.2 Å². The van der Waals surface area contributed by atoms with E-state index in [1.54, 1.807) is 7.11 Å². The summed E-state index contributed by atoms with van der Waals surface area (Å²) in [6, 6.07) is 18.0. The van der Waals surface area contributed by atoms with Gasteiger partial charge in [0.25, 0.3) is 0 Å². The molecule has 0 spiro atoms. The van der Waals surface area contributed by atoms with Crippen molar-refractivity contribution < 1.29 is 13.9 Å². The Morgan fingerprint density at radius 3 is 2.43 bits per heavy atom. The second-order valence-corrected chi connectivity index (χ2v) is 7.92. The Balaban J connectivity index is 1.70. The van der Waals surface area contributed by atoms with Crippen LogP contribution in [0.5, 0.6) is 11.6 Å². The van der Waals surface area contributed by atoms with E-state index in [4.69, 9.17) is 13.9 Å². The molecule has 1 aliphatic carbocycles. The summed E-state index contributed by atoms with van der Waals surface area (Å²) >= 11 is 0. The number of rotatable bonds is 5. The van der Waals surface area contributed by atoms with Crippen molar-refractivity contribution >= 4 is 11.1 Å². The summed E-state index contributed by atoms with van der Waals surface area (Å²) in [4.78, 5) is 8.92. The molecule has 2 aromatic carbocycles. The maximum absolute atomic E-state index is 6.38. The van der Waals surface area contributed by atoms with Crippen molar-refractivity contribution in [3.8, 4) is 34.1 Å². The first-order valence-corrected chi connectivity index (χ1v) is 10.4. The molecule has 2 atom stereocenters. The summed E-state index contributed by atoms with van der Waals surface area (Å²) in [6.07, 6.45) is 4.98. The lowest BCUT2D eigenvalue weighted by Gasteiger charge is -2.13. The number of nitrogens with zero attached hydrogens (tertiary/aromatic N) is 2. The van der Waals surface area contributed by atoms with Gasteiger partial charge >= 0.3 is 0 Å². The Morgan fingerprint density at radius 1 is 0.933 bits per heavy atom. The number of furan rings is 1. The minimum absolute atomic E-state index is 0.178. The van der Waals surface area contributed by atoms with E-state index in [-0.39, 0.29) is 6.10 Å². The highest BCUT2D eigenvalue weighted by Gasteiger charge is 2.27. The SMILES string of the molecule is COc1ccc(-c2c(-c3ccccc3)oc3ncnc(O[C@H]4CC[C@H](C)C4)c23)cc1. The van der Waals surface area contributed by atoms with E-state index in [2.05, 4.69) is 16.9 Å². The van der Waals surface area contributed by atoms with E-state index in [9.17, 15) is 0 Å². The van der Waals surface area contributed by atoms with Crippen molar-refractivity contribution in [1.29, 1.82) is 0 Å². The Hall–Kier alpha value is -3.34. The highest BCUT2D eigenvalue weighted by atomic mass is 16.5. The lowest BCUT2D eigenvalue weighted by molar-refractivity contribution is 0.200. The molecule has 0 bridgehead atoms. The lowest BCUT2D eigenvalue weighted by Crippen LogP contribution is -2.13. The molecule has 1 saturated carbocycles. The van der Waals surface area contributed by atoms with Gasteiger partial charge in [0.05, 0.1) is 7.11 Å². The molecule has 5 nitrogen and oxygen atoms in total. The van der Waals surface area contributed by atoms with Gasteiger partial charge in [-0.05, 0) is 42.9 Å². The van der Waals surface area contributed by atoms with Gasteiger partial charge in [-0.15, -0.1) is 0 Å². The maximum Gasteiger partial charge on any atom is 0.234 e. The number of methoxy groups -OCH3 is 1. The van der Waals surface area contributed by atoms with Crippen molar-refractivity contribution in [1.82, 2.24) is 9.97 Å². The molecule has 0 radical (unpaired) electrons. The number of hydrogen-bond donors (Lipinski definition) is 0. The first kappa shape index (κ1) is 18.7. The molecule has 5 rings (SSSR count). The molecule has 0 N–H and O–H groups in total. The Labute approximate surface area is 175 Å². The number of benzene rings is 2. The number of hydrogen-bond acceptors (Lipinski definition) is 5. The van der Waals surface area contributed by atoms with Crippen LogP contribution in [0, 0.1) is 5.92 Å². The zero-order valence-electron chi connectivity index (χ0n) is 17.2. The van der Waals surface area contributed by atoms with Crippen molar-refractivity contribution in [3.63, 3.8) is 0 Å². The fourth-order valence-electron chi connectivity index (χ4n) is 4.24. The van der Waals surface area contributed by atoms with E-state index in [1.807, 2.05) is 54.6 Å². The topological polar surface area (TPSA) is 57.4 Å². The zero-order chi connectivity index (χ0) is 20.5. The lowest BCUT2D eigenvalue weighted by atomic mass is 9.99. The van der Waals surface area contributed by atoms with Crippen LogP contribution in [0.2, 0.25) is 0 Å². The molecule has 152 valence electrons. The molecule has 2 aromatic heterocycles. The van der Waals surface area contributed by atoms with Crippen LogP contribution in [0.25, 0.3) is 33.6 Å². The van der Waals surface area contributed by atoms with Crippen LogP contribution in [-0.2, 0) is 0 Å². The van der Waals surface area contributed by atoms with Gasteiger partial charge in [-0.3, -0.25) is 0 Å². The molecule has 1 aliphatic rings. The summed E-state index contributed by atoms with van der Waals surface area (Å²) in [7, 11) is 1.67. The average Bonchev–Trinajstić information content (AvgIpc) is 3.38. The molecule has 30 heavy (non-hydrogen) atoms. The largest absolute Gasteiger partial charge is 0.497 e. The molecule has 0 aliphatic heterocycles. The van der Waals surface area contributed by atoms with Crippen molar-refractivity contribution in [3.05, 3.63) is 60.9 Å². The van der Waals surface area contributed by atoms with Gasteiger partial charge in [0.2, 0.25) is 11.6 Å². The van der Waals surface area contributed by atoms with Gasteiger partial charge < -0.3 is 13.9 Å². The second-order valence-electron chi connectivity index (χ2n) is 7.92. The van der Waals surface area contributed by atoms with Crippen molar-refractivity contribution in [2.45, 2.75) is 32.3 Å². The molecule has 1 fully saturated rings. The zero-order valence-corrected chi connectivity index (χ0v) is 17.2. The Bertz CT molecular complexity index is 1150. The molecule has 4 aromatic rings. The second kappa shape index (κ2) is 7.82. The van der Waals surface area contributed by atoms with Crippen LogP contribution in [0.4, 0.5) is 0 Å². The molecule has 5 heteroatoms. The van der Waals surface area contributed by atoms with Crippen LogP contribution in [0.15, 0.2) is 65.3 Å². The highest BCUT2D eigenvalue weighted by molar-refractivity contribution is 6.03. The predicted octanol–water partition coefficient (Wildman–Crippen LogP) is 6.13. The first-order chi connectivity index (χ1) is 14.7. The number of fused-ring (bicyclic) bond motifs is 1. The highest BCUT2D eigenvalue weighted by Crippen LogP contribution is 2.44. The summed E-state index contributed by atoms with van der Waals surface area (Å²) in [5.74, 6) is 2.84. The van der Waals surface area contributed by atoms with Gasteiger partial charge in [-0.2, -0.15) is 0 Å². The van der Waals surface area contributed by atoms with E-state index >= 15 is 0 Å². The third-order valence-electron chi connectivity index (χ3n) is 5.79. The average molecular weight is 400 g/mol. The standard InChI is InChI=1S/C25H24N2O3/c1-16-8-11-20(14-16)29-24-22-21(17-9-12-19(28-2)13-10-17)23(18-6-4-3-5-7-18)30-25(22)27-15-26-24/h3-7,9-10,12-13,15-16,20H,8,11,14H2,1-2H3/t16-,20-/m0/s1. The molecular formula is C25H24N2O3. The van der Waals surface area contributed by atoms with Gasteiger partial charge in [-0.1, -0.05) is 49.4 Å². The van der Waals surface area contributed by atoms with E-state index in [0.29, 0.717) is 17.5 Å². The quantitative estimate of drug-likeness (QED) is 0.403. The van der Waals surface area contributed by atoms with Crippen LogP contribution < -0.4 is 9.47 Å². The van der Waals surface area contributed by atoms with Crippen molar-refractivity contribution in [2.24, 2.45) is 5.92 Å². The minimum atomic E-state index is 0.178. The van der Waals surface area contributed by atoms with E-state index in [0.717, 1.165) is 46.4 Å². The van der Waals surface area contributed by atoms with E-state index in [1.165, 1.54) is 12.7 Å². The number of ether oxygens (including phenoxy) is 2. The van der Waals surface area contributed by atoms with Crippen molar-refractivity contribution in [2.75, 3.05) is 7.11 Å². The Morgan fingerprint density at radius 2 is 1.73 bits per heavy atom. The van der Waals surface area contributed by atoms with Gasteiger partial charge in [0.15, 0.2) is 0 Å². The van der Waals surface area contributed by atoms with Gasteiger partial charge in [0.1, 0.15) is 29.3 Å². The smallest absolute Gasteiger partial charge is 0.234 e. The molecule has 0 unspecified atom stereocenters. The monoisotopic (exact) mass is 400 g/mol. The van der Waals surface area contributed by atoms with Gasteiger partial charge in [0, 0.05) is 11.1 Å². The predicted molar refractivity (Wildman–Crippen MR) is 117 cm³/mol. The third-order valence-corrected chi connectivity index (χ3v) is 5.79. The molecule has 0 saturated heterocycles. The Kier molecular flexibility index (Phi) is 4.87. The normalized spacial score (nSPS) is 18.6. The molecule has 2 heterocycles. The summed E-state index contributed by atoms with van der Waals surface area (Å²) < 4.78 is 18.0. The molecule has 0 amide bonds. The fourth-order valence-corrected chi connectivity index (χ4v) is 4.24. The van der Waals surface area contributed by atoms with Crippen LogP contribution in [0.3, 0.4) is 0 Å². The summed E-state index contributed by atoms with van der Waals surface area (Å²) in [6.45, 7) is 2.27. The summed E-state index contributed by atoms with van der Waals surface area (Å²) in [5, 5.41) is 0.820. The maximum atomic E-state index is 6.38. The third kappa shape index (κ3) is 3.41. The molecular weight excluding hydrogens is 376 g/mol. The number of aromatic nitrogens is 2. The van der Waals surface area contributed by atoms with E-state index < -0.39 is 0 Å². The summed E-state index contributed by atoms with van der Waals surface area (Å²) in [5.41, 5.74) is 3.48. The van der Waals surface area contributed by atoms with Gasteiger partial charge in [-0.25, -0.2) is 9.97 Å². The minimum Gasteiger partial charge on any atom is -0.497 e. The van der Waals surface area contributed by atoms with Crippen LogP contribution >= 0.6 is 0 Å². The van der Waals surface area contributed by atoms with Crippen LogP contribution in [-0.4, -0.2) is 23.2 Å².